The molecule has 4 unspecified atom stereocenters. The smallest absolute Gasteiger partial charge is 0.0409 e. The van der Waals surface area contributed by atoms with Crippen LogP contribution in [0, 0.1) is 17.8 Å². The summed E-state index contributed by atoms with van der Waals surface area (Å²) in [4.78, 5) is 0. The summed E-state index contributed by atoms with van der Waals surface area (Å²) in [7, 11) is 0. The van der Waals surface area contributed by atoms with E-state index in [2.05, 4.69) is 30.4 Å². The standard InChI is InChI=1S/C19H28ClN/c1-2-21-19(16-8-5-9-18(20)13-16)17-11-10-14-6-3-4-7-15(14)12-17/h5,8-9,13-15,17,19,21H,2-4,6-7,10-12H2,1H3. The molecule has 2 fully saturated rings. The minimum Gasteiger partial charge on any atom is -0.310 e. The third kappa shape index (κ3) is 3.63. The van der Waals surface area contributed by atoms with Crippen LogP contribution in [-0.4, -0.2) is 6.54 Å². The molecular weight excluding hydrogens is 278 g/mol. The molecule has 3 rings (SSSR count). The fourth-order valence-electron chi connectivity index (χ4n) is 4.69. The van der Waals surface area contributed by atoms with Gasteiger partial charge in [-0.2, -0.15) is 0 Å². The van der Waals surface area contributed by atoms with E-state index in [0.717, 1.165) is 29.3 Å². The lowest BCUT2D eigenvalue weighted by molar-refractivity contribution is 0.110. The second-order valence-electron chi connectivity index (χ2n) is 6.97. The second-order valence-corrected chi connectivity index (χ2v) is 7.40. The Morgan fingerprint density at radius 1 is 1.14 bits per heavy atom. The van der Waals surface area contributed by atoms with Crippen molar-refractivity contribution in [3.8, 4) is 0 Å². The zero-order valence-corrected chi connectivity index (χ0v) is 13.9. The van der Waals surface area contributed by atoms with Gasteiger partial charge >= 0.3 is 0 Å². The van der Waals surface area contributed by atoms with Gasteiger partial charge in [0, 0.05) is 11.1 Å². The van der Waals surface area contributed by atoms with Gasteiger partial charge in [0.25, 0.3) is 0 Å². The Kier molecular flexibility index (Phi) is 5.24. The molecule has 1 aromatic rings. The first kappa shape index (κ1) is 15.4. The minimum atomic E-state index is 0.483. The van der Waals surface area contributed by atoms with Crippen LogP contribution in [-0.2, 0) is 0 Å². The highest BCUT2D eigenvalue weighted by Crippen LogP contribution is 2.46. The van der Waals surface area contributed by atoms with Crippen LogP contribution in [0.4, 0.5) is 0 Å². The number of benzene rings is 1. The Bertz CT molecular complexity index is 459. The van der Waals surface area contributed by atoms with Crippen LogP contribution in [0.2, 0.25) is 5.02 Å². The molecule has 2 saturated carbocycles. The Morgan fingerprint density at radius 3 is 2.71 bits per heavy atom. The highest BCUT2D eigenvalue weighted by molar-refractivity contribution is 6.30. The Hall–Kier alpha value is -0.530. The third-order valence-electron chi connectivity index (χ3n) is 5.68. The first-order chi connectivity index (χ1) is 10.3. The molecule has 116 valence electrons. The molecule has 0 aliphatic heterocycles. The summed E-state index contributed by atoms with van der Waals surface area (Å²) in [5, 5.41) is 4.60. The van der Waals surface area contributed by atoms with E-state index in [9.17, 15) is 0 Å². The van der Waals surface area contributed by atoms with E-state index >= 15 is 0 Å². The number of rotatable bonds is 4. The zero-order chi connectivity index (χ0) is 14.7. The lowest BCUT2D eigenvalue weighted by atomic mass is 9.65. The normalized spacial score (nSPS) is 30.7. The maximum absolute atomic E-state index is 6.21. The molecule has 4 atom stereocenters. The molecule has 21 heavy (non-hydrogen) atoms. The lowest BCUT2D eigenvalue weighted by Crippen LogP contribution is -2.35. The summed E-state index contributed by atoms with van der Waals surface area (Å²) in [6.45, 7) is 3.24. The van der Waals surface area contributed by atoms with Crippen LogP contribution >= 0.6 is 11.6 Å². The number of hydrogen-bond donors (Lipinski definition) is 1. The summed E-state index contributed by atoms with van der Waals surface area (Å²) in [6.07, 6.45) is 10.1. The van der Waals surface area contributed by atoms with E-state index < -0.39 is 0 Å². The van der Waals surface area contributed by atoms with E-state index in [4.69, 9.17) is 11.6 Å². The van der Waals surface area contributed by atoms with Crippen molar-refractivity contribution < 1.29 is 0 Å². The van der Waals surface area contributed by atoms with Crippen molar-refractivity contribution >= 4 is 11.6 Å². The summed E-state index contributed by atoms with van der Waals surface area (Å²) in [5.41, 5.74) is 1.38. The fourth-order valence-corrected chi connectivity index (χ4v) is 4.89. The number of halogens is 1. The average Bonchev–Trinajstić information content (AvgIpc) is 2.52. The Morgan fingerprint density at radius 2 is 1.95 bits per heavy atom. The van der Waals surface area contributed by atoms with Crippen molar-refractivity contribution in [2.45, 2.75) is 57.9 Å². The van der Waals surface area contributed by atoms with Gasteiger partial charge < -0.3 is 5.32 Å². The minimum absolute atomic E-state index is 0.483. The van der Waals surface area contributed by atoms with Crippen LogP contribution in [0.5, 0.6) is 0 Å². The molecule has 0 heterocycles. The van der Waals surface area contributed by atoms with Crippen LogP contribution in [0.3, 0.4) is 0 Å². The summed E-state index contributed by atoms with van der Waals surface area (Å²) >= 11 is 6.21. The molecule has 2 heteroatoms. The van der Waals surface area contributed by atoms with Gasteiger partial charge in [-0.05, 0) is 61.3 Å². The summed E-state index contributed by atoms with van der Waals surface area (Å²) < 4.78 is 0. The van der Waals surface area contributed by atoms with Crippen molar-refractivity contribution in [3.05, 3.63) is 34.9 Å². The molecule has 1 nitrogen and oxygen atoms in total. The molecule has 0 spiro atoms. The van der Waals surface area contributed by atoms with Crippen molar-refractivity contribution in [1.29, 1.82) is 0 Å². The van der Waals surface area contributed by atoms with E-state index in [1.54, 1.807) is 0 Å². The zero-order valence-electron chi connectivity index (χ0n) is 13.2. The van der Waals surface area contributed by atoms with Gasteiger partial charge in [0.2, 0.25) is 0 Å². The maximum atomic E-state index is 6.21. The molecule has 1 N–H and O–H groups in total. The van der Waals surface area contributed by atoms with Gasteiger partial charge in [-0.25, -0.2) is 0 Å². The first-order valence-electron chi connectivity index (χ1n) is 8.76. The van der Waals surface area contributed by atoms with Crippen LogP contribution in [0.25, 0.3) is 0 Å². The third-order valence-corrected chi connectivity index (χ3v) is 5.92. The maximum Gasteiger partial charge on any atom is 0.0409 e. The second kappa shape index (κ2) is 7.15. The molecule has 1 aromatic carbocycles. The molecule has 0 saturated heterocycles. The Labute approximate surface area is 134 Å². The van der Waals surface area contributed by atoms with Crippen LogP contribution < -0.4 is 5.32 Å². The van der Waals surface area contributed by atoms with Gasteiger partial charge in [-0.15, -0.1) is 0 Å². The van der Waals surface area contributed by atoms with Crippen LogP contribution in [0.1, 0.15) is 63.5 Å². The molecule has 0 amide bonds. The van der Waals surface area contributed by atoms with Gasteiger partial charge in [-0.1, -0.05) is 56.3 Å². The van der Waals surface area contributed by atoms with Gasteiger partial charge in [0.15, 0.2) is 0 Å². The van der Waals surface area contributed by atoms with Crippen molar-refractivity contribution in [2.75, 3.05) is 6.54 Å². The lowest BCUT2D eigenvalue weighted by Gasteiger charge is -2.42. The fraction of sp³-hybridized carbons (Fsp3) is 0.684. The van der Waals surface area contributed by atoms with E-state index in [1.165, 1.54) is 50.5 Å². The Balaban J connectivity index is 1.74. The number of hydrogen-bond acceptors (Lipinski definition) is 1. The molecule has 2 aliphatic carbocycles. The van der Waals surface area contributed by atoms with Crippen molar-refractivity contribution in [1.82, 2.24) is 5.32 Å². The van der Waals surface area contributed by atoms with E-state index in [-0.39, 0.29) is 0 Å². The number of nitrogens with one attached hydrogen (secondary N) is 1. The predicted molar refractivity (Wildman–Crippen MR) is 90.7 cm³/mol. The highest BCUT2D eigenvalue weighted by atomic mass is 35.5. The van der Waals surface area contributed by atoms with Crippen LogP contribution in [0.15, 0.2) is 24.3 Å². The SMILES string of the molecule is CCNC(c1cccc(Cl)c1)C1CCC2CCCCC2C1. The monoisotopic (exact) mass is 305 g/mol. The van der Waals surface area contributed by atoms with Crippen molar-refractivity contribution in [3.63, 3.8) is 0 Å². The summed E-state index contributed by atoms with van der Waals surface area (Å²) in [6, 6.07) is 8.95. The van der Waals surface area contributed by atoms with Crippen molar-refractivity contribution in [2.24, 2.45) is 17.8 Å². The molecule has 0 aromatic heterocycles. The van der Waals surface area contributed by atoms with Gasteiger partial charge in [0.05, 0.1) is 0 Å². The molecular formula is C19H28ClN. The topological polar surface area (TPSA) is 12.0 Å². The average molecular weight is 306 g/mol. The molecule has 0 radical (unpaired) electrons. The molecule has 0 bridgehead atoms. The van der Waals surface area contributed by atoms with Gasteiger partial charge in [0.1, 0.15) is 0 Å². The summed E-state index contributed by atoms with van der Waals surface area (Å²) in [5.74, 6) is 2.79. The van der Waals surface area contributed by atoms with Gasteiger partial charge in [-0.3, -0.25) is 0 Å². The quantitative estimate of drug-likeness (QED) is 0.763. The highest BCUT2D eigenvalue weighted by Gasteiger charge is 2.35. The predicted octanol–water partition coefficient (Wildman–Crippen LogP) is 5.60. The number of fused-ring (bicyclic) bond motifs is 1. The van der Waals surface area contributed by atoms with E-state index in [0.29, 0.717) is 6.04 Å². The largest absolute Gasteiger partial charge is 0.310 e. The van der Waals surface area contributed by atoms with E-state index in [1.807, 2.05) is 6.07 Å². The first-order valence-corrected chi connectivity index (χ1v) is 9.14. The molecule has 2 aliphatic rings.